The summed E-state index contributed by atoms with van der Waals surface area (Å²) < 4.78 is 63.8. The summed E-state index contributed by atoms with van der Waals surface area (Å²) in [5.41, 5.74) is 1.36. The first-order valence-electron chi connectivity index (χ1n) is 13.1. The minimum absolute atomic E-state index is 0.0268. The molecule has 35 heavy (non-hydrogen) atoms. The van der Waals surface area contributed by atoms with E-state index in [1.807, 2.05) is 6.08 Å². The average molecular weight is 489 g/mol. The summed E-state index contributed by atoms with van der Waals surface area (Å²) in [4.78, 5) is 0. The quantitative estimate of drug-likeness (QED) is 0.266. The summed E-state index contributed by atoms with van der Waals surface area (Å²) >= 11 is 0. The molecule has 190 valence electrons. The molecule has 1 nitrogen and oxygen atoms in total. The SMILES string of the molecule is C=CC1CCC(c2ccc(CCC3CCC(c4ccc(OCC)c(F)c4F)CC3)c(F)c2F)CC1. The van der Waals surface area contributed by atoms with Gasteiger partial charge in [0.25, 0.3) is 0 Å². The maximum atomic E-state index is 14.9. The molecule has 0 aliphatic heterocycles. The van der Waals surface area contributed by atoms with E-state index in [0.29, 0.717) is 34.9 Å². The second-order valence-electron chi connectivity index (χ2n) is 10.3. The molecule has 2 fully saturated rings. The van der Waals surface area contributed by atoms with Gasteiger partial charge in [0.1, 0.15) is 0 Å². The van der Waals surface area contributed by atoms with E-state index < -0.39 is 23.3 Å². The second kappa shape index (κ2) is 11.6. The number of hydrogen-bond donors (Lipinski definition) is 0. The van der Waals surface area contributed by atoms with Gasteiger partial charge in [-0.25, -0.2) is 13.2 Å². The van der Waals surface area contributed by atoms with Crippen LogP contribution in [0.15, 0.2) is 36.9 Å². The van der Waals surface area contributed by atoms with Crippen LogP contribution in [0.1, 0.15) is 93.2 Å². The van der Waals surface area contributed by atoms with Crippen molar-refractivity contribution in [3.05, 3.63) is 76.9 Å². The van der Waals surface area contributed by atoms with Gasteiger partial charge in [-0.15, -0.1) is 6.58 Å². The van der Waals surface area contributed by atoms with Crippen molar-refractivity contribution >= 4 is 0 Å². The summed E-state index contributed by atoms with van der Waals surface area (Å²) in [7, 11) is 0. The largest absolute Gasteiger partial charge is 0.491 e. The van der Waals surface area contributed by atoms with Crippen LogP contribution in [0.4, 0.5) is 17.6 Å². The predicted molar refractivity (Wildman–Crippen MR) is 132 cm³/mol. The van der Waals surface area contributed by atoms with Crippen molar-refractivity contribution in [2.75, 3.05) is 6.61 Å². The van der Waals surface area contributed by atoms with Crippen molar-refractivity contribution in [3.63, 3.8) is 0 Å². The van der Waals surface area contributed by atoms with Crippen LogP contribution in [0.2, 0.25) is 0 Å². The molecule has 0 heterocycles. The van der Waals surface area contributed by atoms with Gasteiger partial charge in [0.2, 0.25) is 5.82 Å². The Labute approximate surface area is 206 Å². The lowest BCUT2D eigenvalue weighted by atomic mass is 9.76. The van der Waals surface area contributed by atoms with Gasteiger partial charge in [0.15, 0.2) is 23.2 Å². The van der Waals surface area contributed by atoms with Gasteiger partial charge in [-0.05, 0) is 118 Å². The first-order valence-corrected chi connectivity index (χ1v) is 13.1. The molecule has 0 bridgehead atoms. The van der Waals surface area contributed by atoms with Crippen molar-refractivity contribution in [1.29, 1.82) is 0 Å². The van der Waals surface area contributed by atoms with E-state index in [0.717, 1.165) is 57.8 Å². The number of allylic oxidation sites excluding steroid dienone is 1. The van der Waals surface area contributed by atoms with Gasteiger partial charge in [0, 0.05) is 0 Å². The summed E-state index contributed by atoms with van der Waals surface area (Å²) in [5, 5.41) is 0. The molecule has 0 amide bonds. The van der Waals surface area contributed by atoms with Crippen molar-refractivity contribution in [2.24, 2.45) is 11.8 Å². The smallest absolute Gasteiger partial charge is 0.200 e. The zero-order valence-electron chi connectivity index (χ0n) is 20.6. The van der Waals surface area contributed by atoms with E-state index in [2.05, 4.69) is 6.58 Å². The summed E-state index contributed by atoms with van der Waals surface area (Å²) in [6, 6.07) is 6.69. The van der Waals surface area contributed by atoms with E-state index in [1.165, 1.54) is 6.07 Å². The second-order valence-corrected chi connectivity index (χ2v) is 10.3. The van der Waals surface area contributed by atoms with Crippen molar-refractivity contribution in [3.8, 4) is 5.75 Å². The monoisotopic (exact) mass is 488 g/mol. The molecule has 2 aromatic carbocycles. The zero-order chi connectivity index (χ0) is 24.9. The first-order chi connectivity index (χ1) is 16.9. The molecule has 2 aliphatic rings. The number of aryl methyl sites for hydroxylation is 1. The zero-order valence-corrected chi connectivity index (χ0v) is 20.6. The minimum atomic E-state index is -0.916. The predicted octanol–water partition coefficient (Wildman–Crippen LogP) is 9.01. The number of ether oxygens (including phenoxy) is 1. The molecule has 0 N–H and O–H groups in total. The Morgan fingerprint density at radius 1 is 0.771 bits per heavy atom. The molecular formula is C30H36F4O. The van der Waals surface area contributed by atoms with E-state index in [4.69, 9.17) is 4.74 Å². The van der Waals surface area contributed by atoms with Crippen LogP contribution in [-0.4, -0.2) is 6.61 Å². The summed E-state index contributed by atoms with van der Waals surface area (Å²) in [6.45, 7) is 5.87. The van der Waals surface area contributed by atoms with Crippen LogP contribution in [0.25, 0.3) is 0 Å². The fourth-order valence-electron chi connectivity index (χ4n) is 6.03. The Bertz CT molecular complexity index is 1020. The van der Waals surface area contributed by atoms with Gasteiger partial charge >= 0.3 is 0 Å². The highest BCUT2D eigenvalue weighted by Crippen LogP contribution is 2.41. The molecule has 2 aromatic rings. The third-order valence-corrected chi connectivity index (χ3v) is 8.22. The van der Waals surface area contributed by atoms with Gasteiger partial charge in [-0.3, -0.25) is 0 Å². The van der Waals surface area contributed by atoms with Crippen LogP contribution in [0.5, 0.6) is 5.75 Å². The number of rotatable bonds is 8. The highest BCUT2D eigenvalue weighted by molar-refractivity contribution is 5.33. The van der Waals surface area contributed by atoms with Crippen LogP contribution < -0.4 is 4.74 Å². The molecule has 0 unspecified atom stereocenters. The van der Waals surface area contributed by atoms with Gasteiger partial charge in [-0.2, -0.15) is 4.39 Å². The first kappa shape index (κ1) is 25.8. The average Bonchev–Trinajstić information content (AvgIpc) is 2.88. The number of halogens is 4. The topological polar surface area (TPSA) is 9.23 Å². The molecule has 5 heteroatoms. The maximum Gasteiger partial charge on any atom is 0.200 e. The number of benzene rings is 2. The Balaban J connectivity index is 1.32. The van der Waals surface area contributed by atoms with E-state index in [-0.39, 0.29) is 24.2 Å². The highest BCUT2D eigenvalue weighted by atomic mass is 19.2. The third-order valence-electron chi connectivity index (χ3n) is 8.22. The molecular weight excluding hydrogens is 452 g/mol. The van der Waals surface area contributed by atoms with Crippen LogP contribution in [0, 0.1) is 35.1 Å². The third kappa shape index (κ3) is 5.76. The van der Waals surface area contributed by atoms with E-state index in [1.54, 1.807) is 25.1 Å². The van der Waals surface area contributed by atoms with E-state index >= 15 is 0 Å². The number of hydrogen-bond acceptors (Lipinski definition) is 1. The Morgan fingerprint density at radius 2 is 1.34 bits per heavy atom. The molecule has 0 aromatic heterocycles. The summed E-state index contributed by atoms with van der Waals surface area (Å²) in [5.74, 6) is -2.24. The molecule has 0 atom stereocenters. The van der Waals surface area contributed by atoms with Crippen molar-refractivity contribution in [1.82, 2.24) is 0 Å². The Hall–Kier alpha value is -2.30. The lowest BCUT2D eigenvalue weighted by molar-refractivity contribution is 0.296. The molecule has 4 rings (SSSR count). The Kier molecular flexibility index (Phi) is 8.56. The maximum absolute atomic E-state index is 14.9. The molecule has 0 radical (unpaired) electrons. The fourth-order valence-corrected chi connectivity index (χ4v) is 6.03. The fraction of sp³-hybridized carbons (Fsp3) is 0.533. The Morgan fingerprint density at radius 3 is 1.94 bits per heavy atom. The summed E-state index contributed by atoms with van der Waals surface area (Å²) in [6.07, 6.45) is 10.2. The highest BCUT2D eigenvalue weighted by Gasteiger charge is 2.28. The lowest BCUT2D eigenvalue weighted by Gasteiger charge is -2.29. The minimum Gasteiger partial charge on any atom is -0.491 e. The van der Waals surface area contributed by atoms with Gasteiger partial charge in [0.05, 0.1) is 6.61 Å². The molecule has 2 aliphatic carbocycles. The van der Waals surface area contributed by atoms with Crippen LogP contribution in [0.3, 0.4) is 0 Å². The molecule has 0 saturated heterocycles. The normalized spacial score (nSPS) is 24.8. The van der Waals surface area contributed by atoms with Crippen molar-refractivity contribution < 1.29 is 22.3 Å². The van der Waals surface area contributed by atoms with Crippen molar-refractivity contribution in [2.45, 2.75) is 83.0 Å². The van der Waals surface area contributed by atoms with E-state index in [9.17, 15) is 17.6 Å². The van der Waals surface area contributed by atoms with Gasteiger partial charge < -0.3 is 4.74 Å². The standard InChI is InChI=1S/C30H36F4O/c1-3-19-5-10-21(11-6-19)24-16-15-23(27(31)28(24)32)14-9-20-7-12-22(13-8-20)25-17-18-26(35-4-2)30(34)29(25)33/h3,15-22H,1,4-14H2,2H3. The molecule has 0 spiro atoms. The lowest BCUT2D eigenvalue weighted by Crippen LogP contribution is -2.16. The van der Waals surface area contributed by atoms with Crippen LogP contribution in [-0.2, 0) is 6.42 Å². The molecule has 2 saturated carbocycles. The van der Waals surface area contributed by atoms with Gasteiger partial charge in [-0.1, -0.05) is 24.3 Å². The van der Waals surface area contributed by atoms with Crippen LogP contribution >= 0.6 is 0 Å².